The molecule has 6 rings (SSSR count). The highest BCUT2D eigenvalue weighted by molar-refractivity contribution is 6.43. The van der Waals surface area contributed by atoms with Gasteiger partial charge in [0, 0.05) is 30.6 Å². The number of ketones is 1. The number of fused-ring (bicyclic) bond motifs is 1. The Morgan fingerprint density at radius 3 is 2.62 bits per heavy atom. The van der Waals surface area contributed by atoms with Gasteiger partial charge in [0.05, 0.1) is 28.9 Å². The molecule has 1 aliphatic heterocycles. The molecule has 4 aromatic rings. The van der Waals surface area contributed by atoms with Gasteiger partial charge in [-0.1, -0.05) is 29.8 Å². The van der Waals surface area contributed by atoms with E-state index in [9.17, 15) is 14.7 Å². The summed E-state index contributed by atoms with van der Waals surface area (Å²) in [5.74, 6) is 0.0692. The van der Waals surface area contributed by atoms with Gasteiger partial charge in [0.1, 0.15) is 23.4 Å². The van der Waals surface area contributed by atoms with Crippen LogP contribution in [0.25, 0.3) is 10.9 Å². The van der Waals surface area contributed by atoms with Crippen LogP contribution >= 0.6 is 11.6 Å². The van der Waals surface area contributed by atoms with Crippen molar-refractivity contribution in [1.82, 2.24) is 20.0 Å². The Hall–Kier alpha value is -3.92. The van der Waals surface area contributed by atoms with Gasteiger partial charge < -0.3 is 24.8 Å². The van der Waals surface area contributed by atoms with E-state index in [4.69, 9.17) is 21.1 Å². The van der Waals surface area contributed by atoms with Crippen LogP contribution in [0.4, 0.5) is 0 Å². The Balaban J connectivity index is 1.17. The monoisotopic (exact) mass is 588 g/mol. The van der Waals surface area contributed by atoms with Crippen molar-refractivity contribution in [1.29, 1.82) is 0 Å². The number of nitrogens with zero attached hydrogens (tertiary/aromatic N) is 3. The number of amides is 1. The highest BCUT2D eigenvalue weighted by Gasteiger charge is 2.30. The SMILES string of the molecule is Cn1ncc2ccc(Oc3cccc(C(=O)C(=O)NC(CN4CCCC4)C(O)c4ccc(OC5CC5)c(Cl)c4)c3)cc21. The van der Waals surface area contributed by atoms with E-state index in [0.717, 1.165) is 49.7 Å². The molecule has 0 radical (unpaired) electrons. The lowest BCUT2D eigenvalue weighted by atomic mass is 10.0. The number of hydrogen-bond donors (Lipinski definition) is 2. The second-order valence-electron chi connectivity index (χ2n) is 11.0. The summed E-state index contributed by atoms with van der Waals surface area (Å²) >= 11 is 6.46. The molecule has 0 spiro atoms. The molecule has 1 aromatic heterocycles. The number of aliphatic hydroxyl groups is 1. The van der Waals surface area contributed by atoms with Crippen LogP contribution in [0.2, 0.25) is 5.02 Å². The smallest absolute Gasteiger partial charge is 0.292 e. The zero-order valence-corrected chi connectivity index (χ0v) is 24.1. The van der Waals surface area contributed by atoms with Crippen LogP contribution in [0, 0.1) is 0 Å². The number of halogens is 1. The first-order chi connectivity index (χ1) is 20.3. The fourth-order valence-corrected chi connectivity index (χ4v) is 5.49. The van der Waals surface area contributed by atoms with Crippen molar-refractivity contribution in [2.75, 3.05) is 19.6 Å². The first-order valence-corrected chi connectivity index (χ1v) is 14.6. The zero-order chi connectivity index (χ0) is 29.2. The predicted octanol–water partition coefficient (Wildman–Crippen LogP) is 5.06. The summed E-state index contributed by atoms with van der Waals surface area (Å²) < 4.78 is 13.6. The number of aliphatic hydroxyl groups excluding tert-OH is 1. The quantitative estimate of drug-likeness (QED) is 0.186. The minimum absolute atomic E-state index is 0.186. The van der Waals surface area contributed by atoms with E-state index in [1.165, 1.54) is 0 Å². The number of carbonyl (C=O) groups is 2. The van der Waals surface area contributed by atoms with Crippen molar-refractivity contribution < 1.29 is 24.2 Å². The van der Waals surface area contributed by atoms with Gasteiger partial charge in [0.2, 0.25) is 5.78 Å². The lowest BCUT2D eigenvalue weighted by molar-refractivity contribution is -0.118. The first kappa shape index (κ1) is 28.2. The van der Waals surface area contributed by atoms with E-state index < -0.39 is 23.8 Å². The number of benzene rings is 3. The summed E-state index contributed by atoms with van der Waals surface area (Å²) in [6.07, 6.45) is 5.01. The largest absolute Gasteiger partial charge is 0.489 e. The number of carbonyl (C=O) groups excluding carboxylic acids is 2. The average molecular weight is 589 g/mol. The molecule has 1 amide bonds. The molecule has 1 saturated heterocycles. The number of ether oxygens (including phenoxy) is 2. The van der Waals surface area contributed by atoms with Crippen LogP contribution in [0.3, 0.4) is 0 Å². The highest BCUT2D eigenvalue weighted by Crippen LogP contribution is 2.34. The fraction of sp³-hybridized carbons (Fsp3) is 0.344. The summed E-state index contributed by atoms with van der Waals surface area (Å²) in [5, 5.41) is 19.8. The Morgan fingerprint density at radius 2 is 1.86 bits per heavy atom. The van der Waals surface area contributed by atoms with Crippen molar-refractivity contribution in [2.24, 2.45) is 7.05 Å². The second kappa shape index (κ2) is 12.1. The van der Waals surface area contributed by atoms with E-state index in [2.05, 4.69) is 15.3 Å². The average Bonchev–Trinajstić information content (AvgIpc) is 3.52. The molecule has 218 valence electrons. The van der Waals surface area contributed by atoms with Crippen LogP contribution in [0.5, 0.6) is 17.2 Å². The molecule has 3 aromatic carbocycles. The number of hydrogen-bond acceptors (Lipinski definition) is 7. The lowest BCUT2D eigenvalue weighted by Crippen LogP contribution is -2.48. The van der Waals surface area contributed by atoms with E-state index in [-0.39, 0.29) is 11.7 Å². The van der Waals surface area contributed by atoms with Crippen molar-refractivity contribution in [3.05, 3.63) is 83.0 Å². The number of Topliss-reactive ketones (excluding diaryl/α,β-unsaturated/α-hetero) is 1. The minimum Gasteiger partial charge on any atom is -0.489 e. The molecular formula is C32H33ClN4O5. The summed E-state index contributed by atoms with van der Waals surface area (Å²) in [4.78, 5) is 28.7. The van der Waals surface area contributed by atoms with Gasteiger partial charge in [0.25, 0.3) is 5.91 Å². The maximum absolute atomic E-state index is 13.3. The normalized spacial score (nSPS) is 16.7. The third-order valence-electron chi connectivity index (χ3n) is 7.73. The maximum Gasteiger partial charge on any atom is 0.292 e. The summed E-state index contributed by atoms with van der Waals surface area (Å²) in [6.45, 7) is 2.13. The molecule has 0 bridgehead atoms. The maximum atomic E-state index is 13.3. The highest BCUT2D eigenvalue weighted by atomic mass is 35.5. The summed E-state index contributed by atoms with van der Waals surface area (Å²) in [7, 11) is 1.85. The van der Waals surface area contributed by atoms with E-state index >= 15 is 0 Å². The molecule has 2 atom stereocenters. The molecule has 9 nitrogen and oxygen atoms in total. The van der Waals surface area contributed by atoms with Crippen LogP contribution in [-0.4, -0.2) is 63.3 Å². The predicted molar refractivity (Wildman–Crippen MR) is 159 cm³/mol. The Morgan fingerprint density at radius 1 is 1.07 bits per heavy atom. The Bertz CT molecular complexity index is 1610. The number of nitrogens with one attached hydrogen (secondary N) is 1. The summed E-state index contributed by atoms with van der Waals surface area (Å²) in [6, 6.07) is 16.5. The van der Waals surface area contributed by atoms with E-state index in [0.29, 0.717) is 34.4 Å². The molecule has 10 heteroatoms. The topological polar surface area (TPSA) is 106 Å². The number of rotatable bonds is 11. The van der Waals surface area contributed by atoms with Crippen molar-refractivity contribution >= 4 is 34.2 Å². The van der Waals surface area contributed by atoms with Crippen LogP contribution in [0.15, 0.2) is 66.9 Å². The van der Waals surface area contributed by atoms with Crippen LogP contribution in [-0.2, 0) is 11.8 Å². The van der Waals surface area contributed by atoms with Crippen LogP contribution < -0.4 is 14.8 Å². The van der Waals surface area contributed by atoms with Gasteiger partial charge in [0.15, 0.2) is 0 Å². The molecule has 1 saturated carbocycles. The Labute approximate surface area is 249 Å². The zero-order valence-electron chi connectivity index (χ0n) is 23.3. The van der Waals surface area contributed by atoms with Gasteiger partial charge in [-0.3, -0.25) is 14.3 Å². The van der Waals surface area contributed by atoms with E-state index in [1.807, 2.05) is 25.2 Å². The second-order valence-corrected chi connectivity index (χ2v) is 11.4. The van der Waals surface area contributed by atoms with Gasteiger partial charge in [-0.25, -0.2) is 0 Å². The number of likely N-dealkylation sites (tertiary alicyclic amines) is 1. The van der Waals surface area contributed by atoms with Crippen LogP contribution in [0.1, 0.15) is 47.7 Å². The molecular weight excluding hydrogens is 556 g/mol. The number of aromatic nitrogens is 2. The first-order valence-electron chi connectivity index (χ1n) is 14.3. The third kappa shape index (κ3) is 6.43. The third-order valence-corrected chi connectivity index (χ3v) is 8.02. The van der Waals surface area contributed by atoms with Crippen molar-refractivity contribution in [3.63, 3.8) is 0 Å². The van der Waals surface area contributed by atoms with E-state index in [1.54, 1.807) is 53.3 Å². The standard InChI is InChI=1S/C32H33ClN4O5/c1-36-28-17-25(9-7-22(28)18-34-36)41-24-6-4-5-20(15-24)31(39)32(40)35-27(19-37-13-2-3-14-37)30(38)21-8-12-29(26(33)16-21)42-23-10-11-23/h4-9,12,15-18,23,27,30,38H,2-3,10-11,13-14,19H2,1H3,(H,35,40). The van der Waals surface area contributed by atoms with Crippen molar-refractivity contribution in [3.8, 4) is 17.2 Å². The molecule has 2 aliphatic rings. The summed E-state index contributed by atoms with van der Waals surface area (Å²) in [5.41, 5.74) is 1.64. The minimum atomic E-state index is -1.08. The van der Waals surface area contributed by atoms with Gasteiger partial charge in [-0.05, 0) is 80.7 Å². The number of aryl methyl sites for hydroxylation is 1. The molecule has 2 N–H and O–H groups in total. The van der Waals surface area contributed by atoms with Gasteiger partial charge >= 0.3 is 0 Å². The lowest BCUT2D eigenvalue weighted by Gasteiger charge is -2.28. The molecule has 1 aliphatic carbocycles. The molecule has 2 heterocycles. The molecule has 2 unspecified atom stereocenters. The molecule has 42 heavy (non-hydrogen) atoms. The van der Waals surface area contributed by atoms with Gasteiger partial charge in [-0.15, -0.1) is 0 Å². The molecule has 2 fully saturated rings. The van der Waals surface area contributed by atoms with Crippen molar-refractivity contribution in [2.45, 2.75) is 43.9 Å². The Kier molecular flexibility index (Phi) is 8.15. The fourth-order valence-electron chi connectivity index (χ4n) is 5.25. The van der Waals surface area contributed by atoms with Gasteiger partial charge in [-0.2, -0.15) is 5.10 Å².